The number of hydrogen-bond acceptors (Lipinski definition) is 7. The second-order valence-corrected chi connectivity index (χ2v) is 5.54. The van der Waals surface area contributed by atoms with Gasteiger partial charge in [0.05, 0.1) is 11.1 Å². The van der Waals surface area contributed by atoms with Crippen LogP contribution in [0.5, 0.6) is 0 Å². The van der Waals surface area contributed by atoms with Crippen molar-refractivity contribution in [1.82, 2.24) is 14.7 Å². The van der Waals surface area contributed by atoms with Crippen LogP contribution in [0.1, 0.15) is 38.6 Å². The minimum atomic E-state index is -0.722. The molecule has 0 aromatic carbocycles. The first-order valence-corrected chi connectivity index (χ1v) is 7.15. The lowest BCUT2D eigenvalue weighted by Crippen LogP contribution is -2.11. The molecular weight excluding hydrogens is 304 g/mol. The molecule has 0 aliphatic carbocycles. The molecule has 23 heavy (non-hydrogen) atoms. The highest BCUT2D eigenvalue weighted by atomic mass is 16.6. The van der Waals surface area contributed by atoms with Crippen molar-refractivity contribution in [2.75, 3.05) is 6.61 Å². The Morgan fingerprint density at radius 3 is 2.83 bits per heavy atom. The topological polar surface area (TPSA) is 113 Å². The predicted octanol–water partition coefficient (Wildman–Crippen LogP) is 1.92. The van der Waals surface area contributed by atoms with Crippen LogP contribution in [-0.2, 0) is 11.3 Å². The van der Waals surface area contributed by atoms with Crippen LogP contribution in [0.3, 0.4) is 0 Å². The van der Waals surface area contributed by atoms with Gasteiger partial charge in [-0.3, -0.25) is 14.9 Å². The molecule has 0 N–H and O–H groups in total. The van der Waals surface area contributed by atoms with Crippen LogP contribution in [0.25, 0.3) is 0 Å². The standard InChI is InChI=1S/C14H18N4O5/c1-9(2)8-22-10(3)14-15-13(23-16-14)7-17-5-4-12(19)11(6-17)18(20)21/h4-6,9-10H,7-8H2,1-3H3/t10-/m0/s1. The van der Waals surface area contributed by atoms with E-state index in [1.807, 2.05) is 20.8 Å². The van der Waals surface area contributed by atoms with Gasteiger partial charge in [0, 0.05) is 18.9 Å². The van der Waals surface area contributed by atoms with Crippen molar-refractivity contribution in [2.45, 2.75) is 33.4 Å². The maximum atomic E-state index is 11.4. The molecule has 1 atom stereocenters. The van der Waals surface area contributed by atoms with Gasteiger partial charge < -0.3 is 13.8 Å². The zero-order valence-corrected chi connectivity index (χ0v) is 13.1. The van der Waals surface area contributed by atoms with Gasteiger partial charge in [-0.25, -0.2) is 0 Å². The summed E-state index contributed by atoms with van der Waals surface area (Å²) < 4.78 is 12.2. The Balaban J connectivity index is 2.08. The number of pyridine rings is 1. The number of hydrogen-bond donors (Lipinski definition) is 0. The summed E-state index contributed by atoms with van der Waals surface area (Å²) >= 11 is 0. The summed E-state index contributed by atoms with van der Waals surface area (Å²) in [5.74, 6) is 1.08. The molecule has 0 spiro atoms. The fraction of sp³-hybridized carbons (Fsp3) is 0.500. The van der Waals surface area contributed by atoms with E-state index in [4.69, 9.17) is 9.26 Å². The monoisotopic (exact) mass is 322 g/mol. The zero-order valence-electron chi connectivity index (χ0n) is 13.1. The molecule has 2 aromatic heterocycles. The van der Waals surface area contributed by atoms with Crippen molar-refractivity contribution in [2.24, 2.45) is 5.92 Å². The van der Waals surface area contributed by atoms with E-state index in [9.17, 15) is 14.9 Å². The largest absolute Gasteiger partial charge is 0.370 e. The first kappa shape index (κ1) is 16.8. The maximum Gasteiger partial charge on any atom is 0.332 e. The summed E-state index contributed by atoms with van der Waals surface area (Å²) in [7, 11) is 0. The summed E-state index contributed by atoms with van der Waals surface area (Å²) in [4.78, 5) is 25.6. The molecule has 9 heteroatoms. The fourth-order valence-corrected chi connectivity index (χ4v) is 1.81. The van der Waals surface area contributed by atoms with Gasteiger partial charge in [-0.2, -0.15) is 4.98 Å². The van der Waals surface area contributed by atoms with E-state index in [0.29, 0.717) is 18.3 Å². The highest BCUT2D eigenvalue weighted by Crippen LogP contribution is 2.15. The smallest absolute Gasteiger partial charge is 0.332 e. The SMILES string of the molecule is CC(C)CO[C@@H](C)c1noc(Cn2ccc(=O)c([N+](=O)[O-])c2)n1. The van der Waals surface area contributed by atoms with Crippen molar-refractivity contribution >= 4 is 5.69 Å². The van der Waals surface area contributed by atoms with Crippen LogP contribution in [0.4, 0.5) is 5.69 Å². The van der Waals surface area contributed by atoms with E-state index in [-0.39, 0.29) is 18.5 Å². The Hall–Kier alpha value is -2.55. The van der Waals surface area contributed by atoms with Gasteiger partial charge >= 0.3 is 5.69 Å². The van der Waals surface area contributed by atoms with E-state index in [0.717, 1.165) is 12.3 Å². The summed E-state index contributed by atoms with van der Waals surface area (Å²) in [6, 6.07) is 1.13. The molecule has 0 radical (unpaired) electrons. The molecule has 0 unspecified atom stereocenters. The van der Waals surface area contributed by atoms with Crippen molar-refractivity contribution in [3.63, 3.8) is 0 Å². The number of rotatable bonds is 7. The van der Waals surface area contributed by atoms with Crippen molar-refractivity contribution in [3.8, 4) is 0 Å². The first-order valence-electron chi connectivity index (χ1n) is 7.15. The van der Waals surface area contributed by atoms with E-state index in [1.165, 1.54) is 10.8 Å². The summed E-state index contributed by atoms with van der Waals surface area (Å²) in [6.07, 6.45) is 2.27. The van der Waals surface area contributed by atoms with Gasteiger partial charge in [0.2, 0.25) is 5.89 Å². The average Bonchev–Trinajstić information content (AvgIpc) is 2.95. The second-order valence-electron chi connectivity index (χ2n) is 5.54. The maximum absolute atomic E-state index is 11.4. The molecule has 0 saturated carbocycles. The van der Waals surface area contributed by atoms with Gasteiger partial charge in [-0.1, -0.05) is 19.0 Å². The Labute approximate surface area is 132 Å². The number of nitrogens with zero attached hydrogens (tertiary/aromatic N) is 4. The van der Waals surface area contributed by atoms with Crippen LogP contribution in [0, 0.1) is 16.0 Å². The summed E-state index contributed by atoms with van der Waals surface area (Å²) in [5.41, 5.74) is -1.14. The van der Waals surface area contributed by atoms with Gasteiger partial charge in [0.15, 0.2) is 5.82 Å². The van der Waals surface area contributed by atoms with Gasteiger partial charge in [-0.05, 0) is 12.8 Å². The molecule has 0 bridgehead atoms. The van der Waals surface area contributed by atoms with Gasteiger partial charge in [0.25, 0.3) is 5.43 Å². The lowest BCUT2D eigenvalue weighted by atomic mass is 10.2. The Kier molecular flexibility index (Phi) is 5.22. The second kappa shape index (κ2) is 7.14. The molecular formula is C14H18N4O5. The Bertz CT molecular complexity index is 737. The third-order valence-electron chi connectivity index (χ3n) is 3.00. The van der Waals surface area contributed by atoms with Crippen LogP contribution in [-0.4, -0.2) is 26.2 Å². The molecule has 0 aliphatic rings. The molecule has 0 amide bonds. The average molecular weight is 322 g/mol. The molecule has 2 aromatic rings. The van der Waals surface area contributed by atoms with E-state index in [1.54, 1.807) is 0 Å². The van der Waals surface area contributed by atoms with Crippen LogP contribution in [0.2, 0.25) is 0 Å². The quantitative estimate of drug-likeness (QED) is 0.565. The normalized spacial score (nSPS) is 12.5. The molecule has 0 fully saturated rings. The van der Waals surface area contributed by atoms with E-state index in [2.05, 4.69) is 10.1 Å². The highest BCUT2D eigenvalue weighted by molar-refractivity contribution is 5.25. The van der Waals surface area contributed by atoms with Crippen molar-refractivity contribution in [1.29, 1.82) is 0 Å². The molecule has 2 rings (SSSR count). The summed E-state index contributed by atoms with van der Waals surface area (Å²) in [5, 5.41) is 14.6. The molecule has 0 saturated heterocycles. The van der Waals surface area contributed by atoms with Crippen molar-refractivity contribution < 1.29 is 14.2 Å². The van der Waals surface area contributed by atoms with E-state index < -0.39 is 16.0 Å². The molecule has 0 aliphatic heterocycles. The lowest BCUT2D eigenvalue weighted by Gasteiger charge is -2.10. The number of nitro groups is 1. The Morgan fingerprint density at radius 2 is 2.17 bits per heavy atom. The third kappa shape index (κ3) is 4.46. The minimum absolute atomic E-state index is 0.130. The van der Waals surface area contributed by atoms with Crippen LogP contribution < -0.4 is 5.43 Å². The molecule has 2 heterocycles. The zero-order chi connectivity index (χ0) is 17.0. The number of ether oxygens (including phenoxy) is 1. The van der Waals surface area contributed by atoms with E-state index >= 15 is 0 Å². The van der Waals surface area contributed by atoms with Crippen molar-refractivity contribution in [3.05, 3.63) is 50.5 Å². The molecule has 9 nitrogen and oxygen atoms in total. The number of aromatic nitrogens is 3. The highest BCUT2D eigenvalue weighted by Gasteiger charge is 2.16. The Morgan fingerprint density at radius 1 is 1.43 bits per heavy atom. The predicted molar refractivity (Wildman–Crippen MR) is 80.0 cm³/mol. The lowest BCUT2D eigenvalue weighted by molar-refractivity contribution is -0.386. The third-order valence-corrected chi connectivity index (χ3v) is 3.00. The van der Waals surface area contributed by atoms with Gasteiger partial charge in [-0.15, -0.1) is 0 Å². The van der Waals surface area contributed by atoms with Crippen LogP contribution >= 0.6 is 0 Å². The first-order chi connectivity index (χ1) is 10.9. The minimum Gasteiger partial charge on any atom is -0.370 e. The molecule has 124 valence electrons. The fourth-order valence-electron chi connectivity index (χ4n) is 1.81. The summed E-state index contributed by atoms with van der Waals surface area (Å²) in [6.45, 7) is 6.61. The van der Waals surface area contributed by atoms with Gasteiger partial charge in [0.1, 0.15) is 12.6 Å². The van der Waals surface area contributed by atoms with Crippen LogP contribution in [0.15, 0.2) is 27.8 Å².